The summed E-state index contributed by atoms with van der Waals surface area (Å²) in [6.45, 7) is 2.03. The highest BCUT2D eigenvalue weighted by Gasteiger charge is 2.14. The van der Waals surface area contributed by atoms with E-state index in [1.807, 2.05) is 53.9 Å². The van der Waals surface area contributed by atoms with Gasteiger partial charge in [0.2, 0.25) is 0 Å². The lowest BCUT2D eigenvalue weighted by Crippen LogP contribution is -1.95. The van der Waals surface area contributed by atoms with Gasteiger partial charge in [0.15, 0.2) is 0 Å². The monoisotopic (exact) mass is 253 g/mol. The Morgan fingerprint density at radius 1 is 1.16 bits per heavy atom. The number of hydrogen-bond acceptors (Lipinski definition) is 3. The first-order valence-electron chi connectivity index (χ1n) is 6.08. The van der Waals surface area contributed by atoms with Crippen LogP contribution >= 0.6 is 0 Å². The third kappa shape index (κ3) is 1.81. The number of rotatable bonds is 2. The quantitative estimate of drug-likeness (QED) is 0.764. The van der Waals surface area contributed by atoms with E-state index < -0.39 is 0 Å². The van der Waals surface area contributed by atoms with Gasteiger partial charge >= 0.3 is 0 Å². The van der Waals surface area contributed by atoms with Crippen molar-refractivity contribution in [1.82, 2.24) is 9.38 Å². The number of pyridine rings is 1. The molecule has 0 saturated carbocycles. The number of methoxy groups -OCH3 is 1. The lowest BCUT2D eigenvalue weighted by molar-refractivity contribution is 0.416. The molecule has 0 atom stereocenters. The maximum absolute atomic E-state index is 6.21. The average molecular weight is 253 g/mol. The molecule has 4 heteroatoms. The highest BCUT2D eigenvalue weighted by molar-refractivity contribution is 5.78. The lowest BCUT2D eigenvalue weighted by atomic mass is 10.1. The second kappa shape index (κ2) is 4.31. The molecule has 1 aromatic carbocycles. The first-order valence-corrected chi connectivity index (χ1v) is 6.08. The van der Waals surface area contributed by atoms with Crippen LogP contribution in [-0.2, 0) is 0 Å². The standard InChI is InChI=1S/C15H15N3O/c1-10-7-8-13-17-14(15(16)18(13)9-10)11-5-3-4-6-12(11)19-2/h3-9H,16H2,1-2H3. The molecule has 0 radical (unpaired) electrons. The molecule has 0 aliphatic heterocycles. The normalized spacial score (nSPS) is 10.8. The molecule has 0 aliphatic rings. The van der Waals surface area contributed by atoms with E-state index in [4.69, 9.17) is 10.5 Å². The van der Waals surface area contributed by atoms with E-state index in [0.29, 0.717) is 5.82 Å². The SMILES string of the molecule is COc1ccccc1-c1nc2ccc(C)cn2c1N. The van der Waals surface area contributed by atoms with Gasteiger partial charge in [0.25, 0.3) is 0 Å². The fourth-order valence-corrected chi connectivity index (χ4v) is 2.21. The predicted molar refractivity (Wildman–Crippen MR) is 76.3 cm³/mol. The predicted octanol–water partition coefficient (Wildman–Crippen LogP) is 2.90. The Kier molecular flexibility index (Phi) is 2.63. The third-order valence-corrected chi connectivity index (χ3v) is 3.17. The molecule has 0 unspecified atom stereocenters. The third-order valence-electron chi connectivity index (χ3n) is 3.17. The molecule has 2 N–H and O–H groups in total. The van der Waals surface area contributed by atoms with Gasteiger partial charge in [-0.15, -0.1) is 0 Å². The van der Waals surface area contributed by atoms with Gasteiger partial charge in [-0.3, -0.25) is 4.40 Å². The summed E-state index contributed by atoms with van der Waals surface area (Å²) < 4.78 is 7.27. The zero-order chi connectivity index (χ0) is 13.4. The number of imidazole rings is 1. The Hall–Kier alpha value is -2.49. The molecule has 0 fully saturated rings. The van der Waals surface area contributed by atoms with Crippen LogP contribution in [0.3, 0.4) is 0 Å². The molecule has 3 aromatic rings. The molecule has 0 saturated heterocycles. The number of nitrogens with two attached hydrogens (primary N) is 1. The second-order valence-corrected chi connectivity index (χ2v) is 4.48. The van der Waals surface area contributed by atoms with Crippen molar-refractivity contribution in [2.24, 2.45) is 0 Å². The van der Waals surface area contributed by atoms with Gasteiger partial charge < -0.3 is 10.5 Å². The summed E-state index contributed by atoms with van der Waals surface area (Å²) in [5.41, 5.74) is 9.85. The van der Waals surface area contributed by atoms with Crippen molar-refractivity contribution in [3.63, 3.8) is 0 Å². The Balaban J connectivity index is 2.28. The smallest absolute Gasteiger partial charge is 0.139 e. The van der Waals surface area contributed by atoms with Crippen molar-refractivity contribution in [2.45, 2.75) is 6.92 Å². The van der Waals surface area contributed by atoms with Crippen LogP contribution in [0.15, 0.2) is 42.6 Å². The van der Waals surface area contributed by atoms with Crippen molar-refractivity contribution in [3.05, 3.63) is 48.2 Å². The topological polar surface area (TPSA) is 52.5 Å². The van der Waals surface area contributed by atoms with Gasteiger partial charge in [-0.1, -0.05) is 18.2 Å². The highest BCUT2D eigenvalue weighted by Crippen LogP contribution is 2.33. The summed E-state index contributed by atoms with van der Waals surface area (Å²) in [5.74, 6) is 1.40. The first kappa shape index (κ1) is 11.6. The van der Waals surface area contributed by atoms with Gasteiger partial charge in [-0.05, 0) is 30.7 Å². The van der Waals surface area contributed by atoms with Gasteiger partial charge in [0.05, 0.1) is 7.11 Å². The number of aromatic nitrogens is 2. The van der Waals surface area contributed by atoms with Gasteiger partial charge in [-0.2, -0.15) is 0 Å². The summed E-state index contributed by atoms with van der Waals surface area (Å²) in [6.07, 6.45) is 1.98. The fraction of sp³-hybridized carbons (Fsp3) is 0.133. The molecular formula is C15H15N3O. The molecule has 4 nitrogen and oxygen atoms in total. The van der Waals surface area contributed by atoms with E-state index in [0.717, 1.165) is 28.2 Å². The number of benzene rings is 1. The minimum Gasteiger partial charge on any atom is -0.496 e. The maximum Gasteiger partial charge on any atom is 0.139 e. The highest BCUT2D eigenvalue weighted by atomic mass is 16.5. The fourth-order valence-electron chi connectivity index (χ4n) is 2.21. The van der Waals surface area contributed by atoms with Crippen LogP contribution in [0.25, 0.3) is 16.9 Å². The number of nitrogens with zero attached hydrogens (tertiary/aromatic N) is 2. The summed E-state index contributed by atoms with van der Waals surface area (Å²) in [4.78, 5) is 4.59. The molecule has 19 heavy (non-hydrogen) atoms. The van der Waals surface area contributed by atoms with Crippen molar-refractivity contribution in [1.29, 1.82) is 0 Å². The van der Waals surface area contributed by atoms with Gasteiger partial charge in [-0.25, -0.2) is 4.98 Å². The van der Waals surface area contributed by atoms with Gasteiger partial charge in [0, 0.05) is 11.8 Å². The molecule has 0 aliphatic carbocycles. The Morgan fingerprint density at radius 3 is 2.74 bits per heavy atom. The van der Waals surface area contributed by atoms with Crippen molar-refractivity contribution < 1.29 is 4.74 Å². The number of aryl methyl sites for hydroxylation is 1. The number of para-hydroxylation sites is 1. The molecule has 0 spiro atoms. The van der Waals surface area contributed by atoms with Crippen LogP contribution in [0.5, 0.6) is 5.75 Å². The van der Waals surface area contributed by atoms with Crippen molar-refractivity contribution in [3.8, 4) is 17.0 Å². The zero-order valence-corrected chi connectivity index (χ0v) is 10.9. The summed E-state index contributed by atoms with van der Waals surface area (Å²) in [6, 6.07) is 11.7. The first-order chi connectivity index (χ1) is 9.20. The van der Waals surface area contributed by atoms with Crippen LogP contribution in [0.4, 0.5) is 5.82 Å². The Bertz CT molecular complexity index is 746. The molecular weight excluding hydrogens is 238 g/mol. The van der Waals surface area contributed by atoms with Crippen LogP contribution in [-0.4, -0.2) is 16.5 Å². The minimum absolute atomic E-state index is 0.628. The van der Waals surface area contributed by atoms with E-state index in [1.54, 1.807) is 7.11 Å². The number of nitrogen functional groups attached to an aromatic ring is 1. The summed E-state index contributed by atoms with van der Waals surface area (Å²) in [7, 11) is 1.65. The second-order valence-electron chi connectivity index (χ2n) is 4.48. The van der Waals surface area contributed by atoms with E-state index >= 15 is 0 Å². The largest absolute Gasteiger partial charge is 0.496 e. The van der Waals surface area contributed by atoms with E-state index in [1.165, 1.54) is 0 Å². The van der Waals surface area contributed by atoms with Gasteiger partial charge in [0.1, 0.15) is 22.9 Å². The molecule has 0 bridgehead atoms. The van der Waals surface area contributed by atoms with E-state index in [-0.39, 0.29) is 0 Å². The number of fused-ring (bicyclic) bond motifs is 1. The lowest BCUT2D eigenvalue weighted by Gasteiger charge is -2.06. The Morgan fingerprint density at radius 2 is 1.95 bits per heavy atom. The van der Waals surface area contributed by atoms with Crippen LogP contribution < -0.4 is 10.5 Å². The molecule has 0 amide bonds. The van der Waals surface area contributed by atoms with Crippen LogP contribution in [0.1, 0.15) is 5.56 Å². The van der Waals surface area contributed by atoms with E-state index in [2.05, 4.69) is 4.98 Å². The molecule has 2 heterocycles. The summed E-state index contributed by atoms with van der Waals surface area (Å²) in [5, 5.41) is 0. The van der Waals surface area contributed by atoms with Crippen molar-refractivity contribution >= 4 is 11.5 Å². The molecule has 2 aromatic heterocycles. The average Bonchev–Trinajstić information content (AvgIpc) is 2.76. The maximum atomic E-state index is 6.21. The molecule has 3 rings (SSSR count). The van der Waals surface area contributed by atoms with Crippen LogP contribution in [0, 0.1) is 6.92 Å². The zero-order valence-electron chi connectivity index (χ0n) is 10.9. The minimum atomic E-state index is 0.628. The van der Waals surface area contributed by atoms with Crippen LogP contribution in [0.2, 0.25) is 0 Å². The van der Waals surface area contributed by atoms with E-state index in [9.17, 15) is 0 Å². The Labute approximate surface area is 111 Å². The molecule has 96 valence electrons. The number of ether oxygens (including phenoxy) is 1. The summed E-state index contributed by atoms with van der Waals surface area (Å²) >= 11 is 0. The number of anilines is 1. The van der Waals surface area contributed by atoms with Crippen molar-refractivity contribution in [2.75, 3.05) is 12.8 Å². The number of hydrogen-bond donors (Lipinski definition) is 1.